The highest BCUT2D eigenvalue weighted by atomic mass is 35.5. The van der Waals surface area contributed by atoms with Gasteiger partial charge in [0, 0.05) is 6.07 Å². The molecular weight excluding hydrogens is 244 g/mol. The van der Waals surface area contributed by atoms with Crippen molar-refractivity contribution in [2.45, 2.75) is 6.42 Å². The molecule has 2 aromatic heterocycles. The first kappa shape index (κ1) is 11.6. The van der Waals surface area contributed by atoms with Crippen molar-refractivity contribution in [3.63, 3.8) is 0 Å². The summed E-state index contributed by atoms with van der Waals surface area (Å²) in [5, 5.41) is 0.0935. The van der Waals surface area contributed by atoms with Crippen molar-refractivity contribution in [3.8, 4) is 5.88 Å². The average molecular weight is 253 g/mol. The summed E-state index contributed by atoms with van der Waals surface area (Å²) in [6.45, 7) is 0. The molecule has 0 aliphatic rings. The minimum absolute atomic E-state index is 0.0935. The number of hydrogen-bond donors (Lipinski definition) is 0. The third kappa shape index (κ3) is 2.62. The number of methoxy groups -OCH3 is 1. The lowest BCUT2D eigenvalue weighted by Gasteiger charge is -2.01. The Balaban J connectivity index is 2.16. The van der Waals surface area contributed by atoms with Crippen molar-refractivity contribution in [3.05, 3.63) is 41.2 Å². The Hall–Kier alpha value is -1.88. The molecule has 0 spiro atoms. The Kier molecular flexibility index (Phi) is 3.39. The van der Waals surface area contributed by atoms with E-state index in [4.69, 9.17) is 20.8 Å². The van der Waals surface area contributed by atoms with Crippen LogP contribution >= 0.6 is 11.6 Å². The van der Waals surface area contributed by atoms with E-state index < -0.39 is 0 Å². The van der Waals surface area contributed by atoms with Gasteiger partial charge in [0.15, 0.2) is 5.78 Å². The van der Waals surface area contributed by atoms with Gasteiger partial charge in [0.05, 0.1) is 31.1 Å². The lowest BCUT2D eigenvalue weighted by Crippen LogP contribution is -2.05. The summed E-state index contributed by atoms with van der Waals surface area (Å²) in [6.07, 6.45) is 2.84. The molecule has 0 bridgehead atoms. The number of hydrogen-bond acceptors (Lipinski definition) is 5. The van der Waals surface area contributed by atoms with Crippen LogP contribution in [-0.2, 0) is 6.42 Å². The first-order valence-electron chi connectivity index (χ1n) is 4.82. The van der Waals surface area contributed by atoms with Gasteiger partial charge in [-0.1, -0.05) is 0 Å². The minimum Gasteiger partial charge on any atom is -0.481 e. The van der Waals surface area contributed by atoms with Crippen LogP contribution in [0.2, 0.25) is 5.22 Å². The summed E-state index contributed by atoms with van der Waals surface area (Å²) in [7, 11) is 1.50. The molecule has 0 aliphatic heterocycles. The van der Waals surface area contributed by atoms with E-state index in [-0.39, 0.29) is 17.4 Å². The normalized spacial score (nSPS) is 10.2. The highest BCUT2D eigenvalue weighted by Gasteiger charge is 2.14. The maximum Gasteiger partial charge on any atom is 0.216 e. The van der Waals surface area contributed by atoms with E-state index in [2.05, 4.69) is 9.97 Å². The topological polar surface area (TPSA) is 65.2 Å². The molecule has 17 heavy (non-hydrogen) atoms. The van der Waals surface area contributed by atoms with Crippen LogP contribution in [0.4, 0.5) is 0 Å². The van der Waals surface area contributed by atoms with Crippen LogP contribution in [0.5, 0.6) is 5.88 Å². The maximum atomic E-state index is 11.8. The third-order valence-corrected chi connectivity index (χ3v) is 2.46. The molecule has 0 amide bonds. The maximum absolute atomic E-state index is 11.8. The Morgan fingerprint density at radius 2 is 2.35 bits per heavy atom. The molecule has 2 aromatic rings. The van der Waals surface area contributed by atoms with Crippen LogP contribution in [-0.4, -0.2) is 22.9 Å². The molecule has 0 aromatic carbocycles. The highest BCUT2D eigenvalue weighted by molar-refractivity contribution is 6.32. The molecule has 88 valence electrons. The largest absolute Gasteiger partial charge is 0.481 e. The van der Waals surface area contributed by atoms with Crippen molar-refractivity contribution < 1.29 is 13.9 Å². The van der Waals surface area contributed by atoms with Gasteiger partial charge in [0.2, 0.25) is 11.1 Å². The van der Waals surface area contributed by atoms with Crippen molar-refractivity contribution in [1.29, 1.82) is 0 Å². The van der Waals surface area contributed by atoms with Crippen LogP contribution < -0.4 is 4.74 Å². The number of aromatic nitrogens is 2. The number of ketones is 1. The van der Waals surface area contributed by atoms with Gasteiger partial charge in [-0.25, -0.2) is 9.97 Å². The van der Waals surface area contributed by atoms with Crippen LogP contribution in [0.1, 0.15) is 16.1 Å². The summed E-state index contributed by atoms with van der Waals surface area (Å²) in [6, 6.07) is 3.13. The quantitative estimate of drug-likeness (QED) is 0.780. The zero-order valence-electron chi connectivity index (χ0n) is 9.01. The van der Waals surface area contributed by atoms with Gasteiger partial charge in [-0.3, -0.25) is 4.79 Å². The highest BCUT2D eigenvalue weighted by Crippen LogP contribution is 2.19. The second kappa shape index (κ2) is 4.97. The van der Waals surface area contributed by atoms with Gasteiger partial charge < -0.3 is 9.15 Å². The molecule has 0 N–H and O–H groups in total. The molecule has 2 heterocycles. The predicted octanol–water partition coefficient (Wildman–Crippen LogP) is 2.16. The molecular formula is C11H9ClN2O3. The SMILES string of the molecule is COc1cc(CC(=O)c2ccoc2Cl)ncn1. The van der Waals surface area contributed by atoms with E-state index in [1.807, 2.05) is 0 Å². The molecule has 0 saturated heterocycles. The second-order valence-electron chi connectivity index (χ2n) is 3.26. The Labute approximate surface area is 102 Å². The van der Waals surface area contributed by atoms with Crippen molar-refractivity contribution in [2.75, 3.05) is 7.11 Å². The van der Waals surface area contributed by atoms with E-state index in [0.29, 0.717) is 17.1 Å². The van der Waals surface area contributed by atoms with Gasteiger partial charge in [0.1, 0.15) is 6.33 Å². The van der Waals surface area contributed by atoms with Crippen molar-refractivity contribution in [2.24, 2.45) is 0 Å². The van der Waals surface area contributed by atoms with Gasteiger partial charge in [0.25, 0.3) is 0 Å². The average Bonchev–Trinajstić information content (AvgIpc) is 2.76. The number of furan rings is 1. The number of halogens is 1. The molecule has 0 atom stereocenters. The molecule has 5 nitrogen and oxygen atoms in total. The number of carbonyl (C=O) groups is 1. The van der Waals surface area contributed by atoms with Crippen molar-refractivity contribution >= 4 is 17.4 Å². The number of ether oxygens (including phenoxy) is 1. The van der Waals surface area contributed by atoms with E-state index in [9.17, 15) is 4.79 Å². The number of carbonyl (C=O) groups excluding carboxylic acids is 1. The molecule has 0 radical (unpaired) electrons. The van der Waals surface area contributed by atoms with E-state index >= 15 is 0 Å². The number of Topliss-reactive ketones (excluding diaryl/α,β-unsaturated/α-hetero) is 1. The van der Waals surface area contributed by atoms with Crippen LogP contribution in [0.25, 0.3) is 0 Å². The van der Waals surface area contributed by atoms with Gasteiger partial charge >= 0.3 is 0 Å². The van der Waals surface area contributed by atoms with E-state index in [1.54, 1.807) is 6.07 Å². The zero-order chi connectivity index (χ0) is 12.3. The standard InChI is InChI=1S/C11H9ClN2O3/c1-16-10-5-7(13-6-14-10)4-9(15)8-2-3-17-11(8)12/h2-3,5-6H,4H2,1H3. The summed E-state index contributed by atoms with van der Waals surface area (Å²) < 4.78 is 9.80. The van der Waals surface area contributed by atoms with E-state index in [0.717, 1.165) is 0 Å². The summed E-state index contributed by atoms with van der Waals surface area (Å²) >= 11 is 5.71. The number of nitrogens with zero attached hydrogens (tertiary/aromatic N) is 2. The van der Waals surface area contributed by atoms with Crippen LogP contribution in [0.15, 0.2) is 29.1 Å². The fraction of sp³-hybridized carbons (Fsp3) is 0.182. The Morgan fingerprint density at radius 3 is 3.00 bits per heavy atom. The lowest BCUT2D eigenvalue weighted by molar-refractivity contribution is 0.0991. The minimum atomic E-state index is -0.162. The smallest absolute Gasteiger partial charge is 0.216 e. The predicted molar refractivity (Wildman–Crippen MR) is 60.3 cm³/mol. The molecule has 0 unspecified atom stereocenters. The second-order valence-corrected chi connectivity index (χ2v) is 3.60. The zero-order valence-corrected chi connectivity index (χ0v) is 9.77. The first-order valence-corrected chi connectivity index (χ1v) is 5.19. The van der Waals surface area contributed by atoms with Gasteiger partial charge in [-0.05, 0) is 17.7 Å². The molecule has 6 heteroatoms. The van der Waals surface area contributed by atoms with Gasteiger partial charge in [-0.15, -0.1) is 0 Å². The Morgan fingerprint density at radius 1 is 1.53 bits per heavy atom. The fourth-order valence-corrected chi connectivity index (χ4v) is 1.56. The molecule has 2 rings (SSSR count). The molecule has 0 saturated carbocycles. The molecule has 0 fully saturated rings. The first-order chi connectivity index (χ1) is 8.20. The molecule has 0 aliphatic carbocycles. The van der Waals surface area contributed by atoms with Crippen LogP contribution in [0.3, 0.4) is 0 Å². The monoisotopic (exact) mass is 252 g/mol. The summed E-state index contributed by atoms with van der Waals surface area (Å²) in [5.41, 5.74) is 0.920. The van der Waals surface area contributed by atoms with Gasteiger partial charge in [-0.2, -0.15) is 0 Å². The summed E-state index contributed by atoms with van der Waals surface area (Å²) in [5.74, 6) is 0.255. The van der Waals surface area contributed by atoms with Crippen molar-refractivity contribution in [1.82, 2.24) is 9.97 Å². The lowest BCUT2D eigenvalue weighted by atomic mass is 10.1. The summed E-state index contributed by atoms with van der Waals surface area (Å²) in [4.78, 5) is 19.7. The van der Waals surface area contributed by atoms with Crippen LogP contribution in [0, 0.1) is 0 Å². The Bertz CT molecular complexity index is 539. The third-order valence-electron chi connectivity index (χ3n) is 2.17. The fourth-order valence-electron chi connectivity index (χ4n) is 1.34. The number of rotatable bonds is 4. The van der Waals surface area contributed by atoms with E-state index in [1.165, 1.54) is 25.8 Å².